The van der Waals surface area contributed by atoms with Gasteiger partial charge in [0.1, 0.15) is 0 Å². The van der Waals surface area contributed by atoms with Crippen molar-refractivity contribution in [3.63, 3.8) is 0 Å². The molecule has 0 spiro atoms. The average molecular weight is 791 g/mol. The van der Waals surface area contributed by atoms with Crippen LogP contribution in [0.4, 0.5) is 9.59 Å². The van der Waals surface area contributed by atoms with Gasteiger partial charge in [-0.3, -0.25) is 9.59 Å². The van der Waals surface area contributed by atoms with Crippen LogP contribution in [0.5, 0.6) is 0 Å². The standard InChI is InChI=1S/2C20H28N2O5.Ca/c2*1-3-5-8-16(18(23)24)12-21(4-2)20(27)22-13-15-10-7-6-9-14(15)11-17(22)19(25)26;/h2*6-7,9-10,16-17H,3-5,8,11-13H2,1-2H3,(H,23,24)(H,25,26);/q;;+2/p-2/t2*16-,17-;/m00./s1. The summed E-state index contributed by atoms with van der Waals surface area (Å²) in [7, 11) is 0. The van der Waals surface area contributed by atoms with Crippen LogP contribution in [0.15, 0.2) is 48.5 Å². The van der Waals surface area contributed by atoms with Crippen molar-refractivity contribution in [3.05, 3.63) is 70.8 Å². The van der Waals surface area contributed by atoms with Crippen molar-refractivity contribution in [3.8, 4) is 0 Å². The van der Waals surface area contributed by atoms with E-state index in [1.807, 2.05) is 62.4 Å². The molecule has 2 aliphatic rings. The van der Waals surface area contributed by atoms with Crippen molar-refractivity contribution in [2.24, 2.45) is 11.8 Å². The molecule has 2 aromatic carbocycles. The molecule has 2 N–H and O–H groups in total. The van der Waals surface area contributed by atoms with Crippen LogP contribution >= 0.6 is 0 Å². The first-order valence-corrected chi connectivity index (χ1v) is 18.9. The zero-order valence-corrected chi connectivity index (χ0v) is 34.7. The molecule has 0 saturated carbocycles. The minimum atomic E-state index is -1.30. The normalized spacial score (nSPS) is 16.8. The molecule has 15 heteroatoms. The summed E-state index contributed by atoms with van der Waals surface area (Å²) in [6.07, 6.45) is 4.65. The van der Waals surface area contributed by atoms with E-state index >= 15 is 0 Å². The van der Waals surface area contributed by atoms with Crippen LogP contribution in [-0.4, -0.2) is 142 Å². The first-order valence-electron chi connectivity index (χ1n) is 18.9. The molecule has 55 heavy (non-hydrogen) atoms. The second-order valence-electron chi connectivity index (χ2n) is 13.9. The summed E-state index contributed by atoms with van der Waals surface area (Å²) in [4.78, 5) is 77.9. The Bertz CT molecular complexity index is 1510. The van der Waals surface area contributed by atoms with Gasteiger partial charge in [0.25, 0.3) is 0 Å². The maximum Gasteiger partial charge on any atom is 2.00 e. The Morgan fingerprint density at radius 1 is 0.636 bits per heavy atom. The number of amides is 4. The summed E-state index contributed by atoms with van der Waals surface area (Å²) in [6, 6.07) is 11.8. The number of fused-ring (bicyclic) bond motifs is 2. The molecular formula is C40H54CaN4O10. The van der Waals surface area contributed by atoms with Gasteiger partial charge >= 0.3 is 61.7 Å². The monoisotopic (exact) mass is 790 g/mol. The first-order chi connectivity index (χ1) is 25.8. The van der Waals surface area contributed by atoms with Gasteiger partial charge in [0.05, 0.1) is 35.9 Å². The van der Waals surface area contributed by atoms with E-state index in [2.05, 4.69) is 0 Å². The Hall–Kier alpha value is -3.88. The maximum atomic E-state index is 13.1. The first kappa shape index (κ1) is 47.3. The second-order valence-corrected chi connectivity index (χ2v) is 13.9. The molecule has 14 nitrogen and oxygen atoms in total. The summed E-state index contributed by atoms with van der Waals surface area (Å²) < 4.78 is 0. The van der Waals surface area contributed by atoms with Crippen molar-refractivity contribution in [1.82, 2.24) is 19.6 Å². The Morgan fingerprint density at radius 2 is 0.964 bits per heavy atom. The Labute approximate surface area is 353 Å². The predicted octanol–water partition coefficient (Wildman–Crippen LogP) is 2.61. The van der Waals surface area contributed by atoms with E-state index < -0.39 is 59.9 Å². The number of hydrogen-bond donors (Lipinski definition) is 2. The quantitative estimate of drug-likeness (QED) is 0.238. The van der Waals surface area contributed by atoms with Gasteiger partial charge in [0, 0.05) is 39.3 Å². The molecule has 4 rings (SSSR count). The van der Waals surface area contributed by atoms with Gasteiger partial charge in [-0.25, -0.2) is 9.59 Å². The van der Waals surface area contributed by atoms with E-state index in [1.54, 1.807) is 13.8 Å². The van der Waals surface area contributed by atoms with Crippen molar-refractivity contribution in [1.29, 1.82) is 0 Å². The van der Waals surface area contributed by atoms with Gasteiger partial charge in [0.15, 0.2) is 0 Å². The van der Waals surface area contributed by atoms with E-state index in [4.69, 9.17) is 0 Å². The number of aliphatic carboxylic acids is 4. The fourth-order valence-electron chi connectivity index (χ4n) is 6.94. The number of unbranched alkanes of at least 4 members (excludes halogenated alkanes) is 2. The zero-order chi connectivity index (χ0) is 39.9. The molecule has 0 aromatic heterocycles. The van der Waals surface area contributed by atoms with Gasteiger partial charge in [0.2, 0.25) is 0 Å². The average Bonchev–Trinajstić information content (AvgIpc) is 3.16. The molecule has 0 aliphatic carbocycles. The molecule has 0 fully saturated rings. The largest absolute Gasteiger partial charge is 2.00 e. The predicted molar refractivity (Wildman–Crippen MR) is 201 cm³/mol. The number of benzene rings is 2. The zero-order valence-electron chi connectivity index (χ0n) is 32.5. The topological polar surface area (TPSA) is 202 Å². The van der Waals surface area contributed by atoms with E-state index in [1.165, 1.54) is 19.6 Å². The molecule has 2 aromatic rings. The summed E-state index contributed by atoms with van der Waals surface area (Å²) in [6.45, 7) is 8.62. The number of rotatable bonds is 16. The van der Waals surface area contributed by atoms with Crippen LogP contribution in [0, 0.1) is 11.8 Å². The van der Waals surface area contributed by atoms with Crippen LogP contribution in [0.3, 0.4) is 0 Å². The molecule has 2 aliphatic heterocycles. The summed E-state index contributed by atoms with van der Waals surface area (Å²) in [5, 5.41) is 42.2. The van der Waals surface area contributed by atoms with E-state index in [9.17, 15) is 49.2 Å². The number of carbonyl (C=O) groups is 6. The van der Waals surface area contributed by atoms with Gasteiger partial charge in [-0.1, -0.05) is 88.1 Å². The molecular weight excluding hydrogens is 737 g/mol. The van der Waals surface area contributed by atoms with Gasteiger partial charge in [-0.05, 0) is 61.8 Å². The van der Waals surface area contributed by atoms with E-state index in [0.29, 0.717) is 25.9 Å². The number of carboxylic acid groups (broad SMARTS) is 4. The van der Waals surface area contributed by atoms with E-state index in [0.717, 1.165) is 47.9 Å². The number of nitrogens with zero attached hydrogens (tertiary/aromatic N) is 4. The van der Waals surface area contributed by atoms with Crippen molar-refractivity contribution < 1.29 is 49.2 Å². The Morgan fingerprint density at radius 3 is 1.24 bits per heavy atom. The summed E-state index contributed by atoms with van der Waals surface area (Å²) in [5.74, 6) is -5.78. The van der Waals surface area contributed by atoms with Gasteiger partial charge in [-0.2, -0.15) is 0 Å². The fourth-order valence-corrected chi connectivity index (χ4v) is 6.94. The number of hydrogen-bond acceptors (Lipinski definition) is 8. The molecule has 296 valence electrons. The Balaban J connectivity index is 0.000000373. The number of carboxylic acids is 4. The van der Waals surface area contributed by atoms with Crippen molar-refractivity contribution in [2.75, 3.05) is 26.2 Å². The van der Waals surface area contributed by atoms with Crippen LogP contribution in [0.25, 0.3) is 0 Å². The Kier molecular flexibility index (Phi) is 20.0. The van der Waals surface area contributed by atoms with Crippen LogP contribution < -0.4 is 10.2 Å². The van der Waals surface area contributed by atoms with Crippen LogP contribution in [0.2, 0.25) is 0 Å². The molecule has 0 unspecified atom stereocenters. The molecule has 2 heterocycles. The number of urea groups is 2. The maximum absolute atomic E-state index is 13.1. The second kappa shape index (κ2) is 23.2. The summed E-state index contributed by atoms with van der Waals surface area (Å²) >= 11 is 0. The van der Waals surface area contributed by atoms with Crippen LogP contribution in [0.1, 0.15) is 88.5 Å². The molecule has 0 saturated heterocycles. The third-order valence-electron chi connectivity index (χ3n) is 10.2. The van der Waals surface area contributed by atoms with Crippen molar-refractivity contribution >= 4 is 73.7 Å². The summed E-state index contributed by atoms with van der Waals surface area (Å²) in [5.41, 5.74) is 3.59. The van der Waals surface area contributed by atoms with E-state index in [-0.39, 0.29) is 76.8 Å². The molecule has 4 amide bonds. The van der Waals surface area contributed by atoms with Gasteiger partial charge < -0.3 is 49.6 Å². The minimum absolute atomic E-state index is 0. The third-order valence-corrected chi connectivity index (χ3v) is 10.2. The van der Waals surface area contributed by atoms with Gasteiger partial charge in [-0.15, -0.1) is 0 Å². The third kappa shape index (κ3) is 13.1. The van der Waals surface area contributed by atoms with Crippen molar-refractivity contribution in [2.45, 2.75) is 104 Å². The fraction of sp³-hybridized carbons (Fsp3) is 0.550. The number of carbonyl (C=O) groups excluding carboxylic acids is 4. The molecule has 4 atom stereocenters. The van der Waals surface area contributed by atoms with Crippen LogP contribution in [-0.2, 0) is 45.1 Å². The molecule has 0 radical (unpaired) electrons. The smallest absolute Gasteiger partial charge is 0.548 e. The minimum Gasteiger partial charge on any atom is -0.548 e. The SMILES string of the molecule is CCCC[C@@H](CN(CC)C(=O)N1Cc2ccccc2C[C@H]1C(=O)[O-])C(=O)O.CCCC[C@@H](CN(CC)C(=O)N1Cc2ccccc2C[C@H]1C(=O)[O-])C(=O)O.[Ca+2]. The molecule has 0 bridgehead atoms.